The molecule has 0 N–H and O–H groups in total. The minimum Gasteiger partial charge on any atom is -0.397 e. The van der Waals surface area contributed by atoms with Crippen molar-refractivity contribution in [3.63, 3.8) is 0 Å². The van der Waals surface area contributed by atoms with Gasteiger partial charge in [0.05, 0.1) is 0 Å². The van der Waals surface area contributed by atoms with Crippen molar-refractivity contribution < 1.29 is 8.85 Å². The summed E-state index contributed by atoms with van der Waals surface area (Å²) in [6, 6.07) is 9.41. The molecule has 1 aromatic rings. The molecule has 0 radical (unpaired) electrons. The Morgan fingerprint density at radius 3 is 2.20 bits per heavy atom. The third-order valence-corrected chi connectivity index (χ3v) is 4.54. The van der Waals surface area contributed by atoms with Crippen LogP contribution in [0.5, 0.6) is 0 Å². The maximum absolute atomic E-state index is 5.66. The van der Waals surface area contributed by atoms with Crippen LogP contribution in [0.4, 0.5) is 0 Å². The third kappa shape index (κ3) is 4.16. The fraction of sp³-hybridized carbons (Fsp3) is 0.500. The average molecular weight is 224 g/mol. The van der Waals surface area contributed by atoms with Crippen molar-refractivity contribution in [2.45, 2.75) is 26.8 Å². The monoisotopic (exact) mass is 224 g/mol. The van der Waals surface area contributed by atoms with Crippen LogP contribution in [-0.2, 0) is 14.9 Å². The lowest BCUT2D eigenvalue weighted by molar-refractivity contribution is 0.213. The zero-order chi connectivity index (χ0) is 11.1. The highest BCUT2D eigenvalue weighted by Crippen LogP contribution is 2.10. The van der Waals surface area contributed by atoms with E-state index < -0.39 is 9.28 Å². The second-order valence-corrected chi connectivity index (χ2v) is 5.40. The molecule has 0 atom stereocenters. The highest BCUT2D eigenvalue weighted by Gasteiger charge is 2.13. The summed E-state index contributed by atoms with van der Waals surface area (Å²) in [6.07, 6.45) is 0. The van der Waals surface area contributed by atoms with Gasteiger partial charge < -0.3 is 8.85 Å². The van der Waals surface area contributed by atoms with Gasteiger partial charge in [-0.3, -0.25) is 0 Å². The van der Waals surface area contributed by atoms with E-state index in [1.807, 2.05) is 13.8 Å². The maximum atomic E-state index is 5.66. The molecule has 0 heterocycles. The van der Waals surface area contributed by atoms with E-state index in [0.29, 0.717) is 0 Å². The molecule has 0 aliphatic rings. The van der Waals surface area contributed by atoms with Crippen LogP contribution in [0, 0.1) is 6.92 Å². The zero-order valence-electron chi connectivity index (χ0n) is 9.82. The molecule has 0 unspecified atom stereocenters. The molecule has 0 amide bonds. The Morgan fingerprint density at radius 1 is 1.07 bits per heavy atom. The topological polar surface area (TPSA) is 18.5 Å². The highest BCUT2D eigenvalue weighted by atomic mass is 28.3. The van der Waals surface area contributed by atoms with E-state index in [2.05, 4.69) is 31.2 Å². The summed E-state index contributed by atoms with van der Waals surface area (Å²) in [6.45, 7) is 7.69. The van der Waals surface area contributed by atoms with Gasteiger partial charge in [0.25, 0.3) is 0 Å². The van der Waals surface area contributed by atoms with Gasteiger partial charge in [-0.05, 0) is 31.9 Å². The van der Waals surface area contributed by atoms with Crippen LogP contribution in [0.2, 0.25) is 0 Å². The van der Waals surface area contributed by atoms with Crippen molar-refractivity contribution in [3.8, 4) is 0 Å². The number of hydrogen-bond donors (Lipinski definition) is 0. The summed E-state index contributed by atoms with van der Waals surface area (Å²) in [5, 5.41) is 0. The zero-order valence-corrected chi connectivity index (χ0v) is 11.0. The van der Waals surface area contributed by atoms with E-state index in [0.717, 1.165) is 19.3 Å². The Hall–Kier alpha value is -0.643. The number of benzene rings is 1. The van der Waals surface area contributed by atoms with Crippen LogP contribution >= 0.6 is 0 Å². The number of rotatable bonds is 6. The van der Waals surface area contributed by atoms with E-state index in [9.17, 15) is 0 Å². The molecule has 0 fully saturated rings. The molecule has 3 heteroatoms. The van der Waals surface area contributed by atoms with Gasteiger partial charge in [-0.15, -0.1) is 0 Å². The normalized spacial score (nSPS) is 10.9. The van der Waals surface area contributed by atoms with E-state index >= 15 is 0 Å². The largest absolute Gasteiger partial charge is 0.397 e. The van der Waals surface area contributed by atoms with Gasteiger partial charge in [0.15, 0.2) is 0 Å². The molecular formula is C12H20O2Si. The van der Waals surface area contributed by atoms with Gasteiger partial charge in [-0.1, -0.05) is 24.3 Å². The molecule has 0 spiro atoms. The van der Waals surface area contributed by atoms with Crippen LogP contribution in [0.15, 0.2) is 24.3 Å². The Labute approximate surface area is 94.1 Å². The van der Waals surface area contributed by atoms with Crippen LogP contribution in [-0.4, -0.2) is 22.5 Å². The quantitative estimate of drug-likeness (QED) is 0.691. The Kier molecular flexibility index (Phi) is 5.61. The summed E-state index contributed by atoms with van der Waals surface area (Å²) < 4.78 is 11.3. The van der Waals surface area contributed by atoms with Gasteiger partial charge in [0.2, 0.25) is 0 Å². The summed E-state index contributed by atoms with van der Waals surface area (Å²) in [7, 11) is -1.49. The Morgan fingerprint density at radius 2 is 1.67 bits per heavy atom. The van der Waals surface area contributed by atoms with Gasteiger partial charge >= 0.3 is 9.28 Å². The van der Waals surface area contributed by atoms with E-state index in [1.165, 1.54) is 11.1 Å². The highest BCUT2D eigenvalue weighted by molar-refractivity contribution is 6.43. The first kappa shape index (κ1) is 12.4. The maximum Gasteiger partial charge on any atom is 0.325 e. The predicted molar refractivity (Wildman–Crippen MR) is 65.3 cm³/mol. The second-order valence-electron chi connectivity index (χ2n) is 3.47. The van der Waals surface area contributed by atoms with Crippen LogP contribution in [0.1, 0.15) is 25.0 Å². The second kappa shape index (κ2) is 6.77. The van der Waals surface area contributed by atoms with Crippen LogP contribution < -0.4 is 0 Å². The molecule has 0 aliphatic carbocycles. The minimum absolute atomic E-state index is 0.753. The molecule has 1 rings (SSSR count). The molecule has 0 saturated heterocycles. The summed E-state index contributed by atoms with van der Waals surface area (Å²) in [4.78, 5) is 0. The van der Waals surface area contributed by atoms with E-state index in [-0.39, 0.29) is 0 Å². The predicted octanol–water partition coefficient (Wildman–Crippen LogP) is 2.37. The van der Waals surface area contributed by atoms with Gasteiger partial charge in [-0.25, -0.2) is 0 Å². The average Bonchev–Trinajstić information content (AvgIpc) is 2.22. The molecule has 0 aromatic heterocycles. The van der Waals surface area contributed by atoms with Gasteiger partial charge in [0, 0.05) is 19.3 Å². The summed E-state index contributed by atoms with van der Waals surface area (Å²) >= 11 is 0. The minimum atomic E-state index is -1.49. The molecule has 15 heavy (non-hydrogen) atoms. The third-order valence-electron chi connectivity index (χ3n) is 2.35. The molecular weight excluding hydrogens is 204 g/mol. The summed E-state index contributed by atoms with van der Waals surface area (Å²) in [5.74, 6) is 0. The standard InChI is InChI=1S/C12H20O2Si/c1-4-13-15(14-5-2)10-12-9-7-6-8-11(12)3/h6-9,15H,4-5,10H2,1-3H3. The van der Waals surface area contributed by atoms with E-state index in [1.54, 1.807) is 0 Å². The molecule has 1 aromatic carbocycles. The first-order valence-electron chi connectivity index (χ1n) is 5.55. The van der Waals surface area contributed by atoms with Crippen molar-refractivity contribution in [2.24, 2.45) is 0 Å². The number of aryl methyl sites for hydroxylation is 1. The van der Waals surface area contributed by atoms with Crippen molar-refractivity contribution in [2.75, 3.05) is 13.2 Å². The van der Waals surface area contributed by atoms with Gasteiger partial charge in [-0.2, -0.15) is 0 Å². The Bertz CT molecular complexity index is 283. The molecule has 84 valence electrons. The molecule has 0 bridgehead atoms. The fourth-order valence-electron chi connectivity index (χ4n) is 1.56. The molecule has 2 nitrogen and oxygen atoms in total. The van der Waals surface area contributed by atoms with Crippen molar-refractivity contribution >= 4 is 9.28 Å². The first-order chi connectivity index (χ1) is 7.27. The van der Waals surface area contributed by atoms with E-state index in [4.69, 9.17) is 8.85 Å². The summed E-state index contributed by atoms with van der Waals surface area (Å²) in [5.41, 5.74) is 2.69. The number of hydrogen-bond acceptors (Lipinski definition) is 2. The van der Waals surface area contributed by atoms with Crippen molar-refractivity contribution in [1.29, 1.82) is 0 Å². The van der Waals surface area contributed by atoms with Crippen LogP contribution in [0.25, 0.3) is 0 Å². The van der Waals surface area contributed by atoms with Crippen molar-refractivity contribution in [3.05, 3.63) is 35.4 Å². The van der Waals surface area contributed by atoms with Crippen molar-refractivity contribution in [1.82, 2.24) is 0 Å². The first-order valence-corrected chi connectivity index (χ1v) is 7.31. The van der Waals surface area contributed by atoms with Gasteiger partial charge in [0.1, 0.15) is 0 Å². The fourth-order valence-corrected chi connectivity index (χ4v) is 3.45. The van der Waals surface area contributed by atoms with Crippen LogP contribution in [0.3, 0.4) is 0 Å². The lowest BCUT2D eigenvalue weighted by Gasteiger charge is -2.15. The lowest BCUT2D eigenvalue weighted by atomic mass is 10.1. The lowest BCUT2D eigenvalue weighted by Crippen LogP contribution is -2.26. The Balaban J connectivity index is 2.60. The molecule has 0 saturated carbocycles. The smallest absolute Gasteiger partial charge is 0.325 e. The SMILES string of the molecule is CCO[SiH](Cc1ccccc1C)OCC. The molecule has 0 aliphatic heterocycles.